The van der Waals surface area contributed by atoms with Gasteiger partial charge in [-0.05, 0) is 61.4 Å². The first-order valence-electron chi connectivity index (χ1n) is 10.8. The van der Waals surface area contributed by atoms with Crippen LogP contribution in [-0.4, -0.2) is 18.5 Å². The molecule has 0 fully saturated rings. The van der Waals surface area contributed by atoms with Gasteiger partial charge in [-0.1, -0.05) is 24.8 Å². The Morgan fingerprint density at radius 1 is 0.853 bits per heavy atom. The van der Waals surface area contributed by atoms with Crippen LogP contribution in [0.5, 0.6) is 17.2 Å². The summed E-state index contributed by atoms with van der Waals surface area (Å²) < 4.78 is 17.7. The Hall–Kier alpha value is -3.97. The van der Waals surface area contributed by atoms with E-state index in [1.807, 2.05) is 36.4 Å². The van der Waals surface area contributed by atoms with Gasteiger partial charge in [-0.2, -0.15) is 0 Å². The van der Waals surface area contributed by atoms with E-state index in [-0.39, 0.29) is 24.4 Å². The topological polar surface area (TPSA) is 78.9 Å². The highest BCUT2D eigenvalue weighted by Gasteiger charge is 2.11. The van der Waals surface area contributed by atoms with Crippen molar-refractivity contribution in [1.82, 2.24) is 0 Å². The van der Waals surface area contributed by atoms with Crippen molar-refractivity contribution in [1.29, 1.82) is 0 Å². The molecule has 0 N–H and O–H groups in total. The van der Waals surface area contributed by atoms with E-state index in [1.54, 1.807) is 30.3 Å². The maximum absolute atomic E-state index is 13.0. The summed E-state index contributed by atoms with van der Waals surface area (Å²) in [4.78, 5) is 36.2. The Kier molecular flexibility index (Phi) is 7.34. The summed E-state index contributed by atoms with van der Waals surface area (Å²) in [5.41, 5.74) is -0.0815. The second-order valence-corrected chi connectivity index (χ2v) is 8.55. The van der Waals surface area contributed by atoms with E-state index < -0.39 is 5.97 Å². The molecular weight excluding hydrogens is 452 g/mol. The van der Waals surface area contributed by atoms with E-state index in [0.717, 1.165) is 15.5 Å². The minimum absolute atomic E-state index is 0.0815. The van der Waals surface area contributed by atoms with Gasteiger partial charge < -0.3 is 14.2 Å². The van der Waals surface area contributed by atoms with E-state index in [2.05, 4.69) is 6.58 Å². The molecule has 0 bridgehead atoms. The van der Waals surface area contributed by atoms with Gasteiger partial charge >= 0.3 is 11.9 Å². The van der Waals surface area contributed by atoms with Gasteiger partial charge in [0.2, 0.25) is 0 Å². The molecule has 0 atom stereocenters. The van der Waals surface area contributed by atoms with Gasteiger partial charge in [0.1, 0.15) is 17.2 Å². The summed E-state index contributed by atoms with van der Waals surface area (Å²) in [6, 6.07) is 19.8. The van der Waals surface area contributed by atoms with Crippen molar-refractivity contribution in [2.75, 3.05) is 6.61 Å². The second-order valence-electron chi connectivity index (χ2n) is 7.47. The zero-order valence-corrected chi connectivity index (χ0v) is 19.1. The number of benzene rings is 3. The number of esters is 2. The lowest BCUT2D eigenvalue weighted by Gasteiger charge is -2.08. The highest BCUT2D eigenvalue weighted by molar-refractivity contribution is 7.24. The van der Waals surface area contributed by atoms with Gasteiger partial charge in [0, 0.05) is 32.7 Å². The van der Waals surface area contributed by atoms with Crippen LogP contribution >= 0.6 is 11.3 Å². The minimum atomic E-state index is -0.482. The van der Waals surface area contributed by atoms with E-state index >= 15 is 0 Å². The molecule has 0 unspecified atom stereocenters. The molecule has 0 aliphatic heterocycles. The maximum atomic E-state index is 13.0. The van der Waals surface area contributed by atoms with Crippen molar-refractivity contribution in [3.63, 3.8) is 0 Å². The van der Waals surface area contributed by atoms with Crippen LogP contribution in [0.2, 0.25) is 0 Å². The Morgan fingerprint density at radius 3 is 2.24 bits per heavy atom. The number of carbonyl (C=O) groups excluding carboxylic acids is 2. The first-order chi connectivity index (χ1) is 16.5. The van der Waals surface area contributed by atoms with Crippen LogP contribution < -0.4 is 14.9 Å². The fourth-order valence-electron chi connectivity index (χ4n) is 3.35. The quantitative estimate of drug-likeness (QED) is 0.0972. The molecule has 34 heavy (non-hydrogen) atoms. The highest BCUT2D eigenvalue weighted by atomic mass is 32.1. The molecule has 1 aromatic heterocycles. The zero-order valence-electron chi connectivity index (χ0n) is 18.3. The number of ether oxygens (including phenoxy) is 3. The Morgan fingerprint density at radius 2 is 1.53 bits per heavy atom. The number of hydrogen-bond donors (Lipinski definition) is 0. The third-order valence-electron chi connectivity index (χ3n) is 5.01. The van der Waals surface area contributed by atoms with Gasteiger partial charge in [-0.25, -0.2) is 4.79 Å². The molecular formula is C27H22O6S. The van der Waals surface area contributed by atoms with Gasteiger partial charge in [-0.15, -0.1) is 11.3 Å². The number of unbranched alkanes of at least 4 members (excludes halogenated alkanes) is 1. The lowest BCUT2D eigenvalue weighted by molar-refractivity contribution is -0.137. The summed E-state index contributed by atoms with van der Waals surface area (Å²) >= 11 is 1.43. The summed E-state index contributed by atoms with van der Waals surface area (Å²) in [5.74, 6) is 0.852. The van der Waals surface area contributed by atoms with Gasteiger partial charge in [0.25, 0.3) is 0 Å². The fraction of sp³-hybridized carbons (Fsp3) is 0.148. The average molecular weight is 475 g/mol. The second kappa shape index (κ2) is 10.8. The first-order valence-corrected chi connectivity index (χ1v) is 11.6. The SMILES string of the molecule is C=CC(=O)OCCCCC(=O)Oc1ccc2c(=O)c3ccc(Oc4ccccc4)cc3sc2c1. The number of carbonyl (C=O) groups is 2. The molecule has 0 amide bonds. The van der Waals surface area contributed by atoms with Gasteiger partial charge in [0.15, 0.2) is 5.43 Å². The van der Waals surface area contributed by atoms with Crippen molar-refractivity contribution < 1.29 is 23.8 Å². The fourth-order valence-corrected chi connectivity index (χ4v) is 4.48. The lowest BCUT2D eigenvalue weighted by Crippen LogP contribution is -2.09. The number of rotatable bonds is 9. The normalized spacial score (nSPS) is 10.7. The van der Waals surface area contributed by atoms with Crippen LogP contribution in [-0.2, 0) is 14.3 Å². The van der Waals surface area contributed by atoms with Crippen molar-refractivity contribution in [2.45, 2.75) is 19.3 Å². The zero-order chi connectivity index (χ0) is 23.9. The van der Waals surface area contributed by atoms with E-state index in [0.29, 0.717) is 40.9 Å². The van der Waals surface area contributed by atoms with Crippen LogP contribution in [0.1, 0.15) is 19.3 Å². The summed E-state index contributed by atoms with van der Waals surface area (Å²) in [6.07, 6.45) is 2.37. The standard InChI is InChI=1S/C27H22O6S/c1-2-25(28)31-15-7-6-10-26(29)33-20-12-14-22-24(17-20)34-23-16-19(11-13-21(23)27(22)30)32-18-8-4-3-5-9-18/h2-5,8-9,11-14,16-17H,1,6-7,10,15H2. The minimum Gasteiger partial charge on any atom is -0.463 e. The van der Waals surface area contributed by atoms with Crippen molar-refractivity contribution >= 4 is 43.4 Å². The van der Waals surface area contributed by atoms with Crippen molar-refractivity contribution in [3.8, 4) is 17.2 Å². The number of fused-ring (bicyclic) bond motifs is 2. The molecule has 1 heterocycles. The molecule has 172 valence electrons. The predicted octanol–water partition coefficient (Wildman–Crippen LogP) is 6.01. The van der Waals surface area contributed by atoms with Crippen molar-refractivity contribution in [3.05, 3.63) is 89.6 Å². The van der Waals surface area contributed by atoms with E-state index in [9.17, 15) is 14.4 Å². The summed E-state index contributed by atoms with van der Waals surface area (Å²) in [6.45, 7) is 3.55. The summed E-state index contributed by atoms with van der Waals surface area (Å²) in [7, 11) is 0. The lowest BCUT2D eigenvalue weighted by atomic mass is 10.1. The molecule has 3 aromatic carbocycles. The molecule has 0 aliphatic rings. The third-order valence-corrected chi connectivity index (χ3v) is 6.13. The summed E-state index contributed by atoms with van der Waals surface area (Å²) in [5, 5.41) is 1.18. The van der Waals surface area contributed by atoms with Gasteiger partial charge in [0.05, 0.1) is 6.61 Å². The Labute approximate surface area is 200 Å². The van der Waals surface area contributed by atoms with E-state index in [1.165, 1.54) is 11.3 Å². The molecule has 0 saturated heterocycles. The third kappa shape index (κ3) is 5.68. The first kappa shape index (κ1) is 23.2. The van der Waals surface area contributed by atoms with Crippen molar-refractivity contribution in [2.24, 2.45) is 0 Å². The average Bonchev–Trinajstić information content (AvgIpc) is 2.84. The monoisotopic (exact) mass is 474 g/mol. The van der Waals surface area contributed by atoms with Crippen LogP contribution in [0.4, 0.5) is 0 Å². The maximum Gasteiger partial charge on any atom is 0.330 e. The molecule has 0 radical (unpaired) electrons. The van der Waals surface area contributed by atoms with Gasteiger partial charge in [-0.3, -0.25) is 9.59 Å². The molecule has 0 spiro atoms. The number of para-hydroxylation sites is 1. The Bertz CT molecular complexity index is 1410. The van der Waals surface area contributed by atoms with Crippen LogP contribution in [0, 0.1) is 0 Å². The molecule has 0 aliphatic carbocycles. The smallest absolute Gasteiger partial charge is 0.330 e. The molecule has 6 nitrogen and oxygen atoms in total. The van der Waals surface area contributed by atoms with E-state index in [4.69, 9.17) is 14.2 Å². The molecule has 7 heteroatoms. The predicted molar refractivity (Wildman–Crippen MR) is 133 cm³/mol. The Balaban J connectivity index is 1.47. The van der Waals surface area contributed by atoms with Crippen LogP contribution in [0.3, 0.4) is 0 Å². The van der Waals surface area contributed by atoms with Crippen LogP contribution in [0.25, 0.3) is 20.2 Å². The van der Waals surface area contributed by atoms with Crippen LogP contribution in [0.15, 0.2) is 84.2 Å². The molecule has 4 aromatic rings. The number of hydrogen-bond acceptors (Lipinski definition) is 7. The largest absolute Gasteiger partial charge is 0.463 e. The molecule has 4 rings (SSSR count). The molecule has 0 saturated carbocycles. The highest BCUT2D eigenvalue weighted by Crippen LogP contribution is 2.31.